The minimum Gasteiger partial charge on any atom is -0.252 e. The summed E-state index contributed by atoms with van der Waals surface area (Å²) in [6, 6.07) is 0. The van der Waals surface area contributed by atoms with Gasteiger partial charge in [-0.25, -0.2) is 0 Å². The number of nitrogens with zero attached hydrogens (tertiary/aromatic N) is 2. The van der Waals surface area contributed by atoms with Gasteiger partial charge in [-0.2, -0.15) is 17.6 Å². The highest BCUT2D eigenvalue weighted by Crippen LogP contribution is 2.35. The number of halogens is 4. The van der Waals surface area contributed by atoms with Crippen LogP contribution in [0.2, 0.25) is 0 Å². The first-order valence-corrected chi connectivity index (χ1v) is 4.38. The molecule has 15 heavy (non-hydrogen) atoms. The summed E-state index contributed by atoms with van der Waals surface area (Å²) >= 11 is 0. The third kappa shape index (κ3) is 2.13. The fourth-order valence-corrected chi connectivity index (χ4v) is 1.29. The summed E-state index contributed by atoms with van der Waals surface area (Å²) in [5, 5.41) is 3.28. The predicted octanol–water partition coefficient (Wildman–Crippen LogP) is 3.10. The lowest BCUT2D eigenvalue weighted by Gasteiger charge is -2.23. The van der Waals surface area contributed by atoms with Gasteiger partial charge in [-0.15, -0.1) is 5.10 Å². The van der Waals surface area contributed by atoms with E-state index >= 15 is 0 Å². The summed E-state index contributed by atoms with van der Waals surface area (Å²) in [5.74, 6) is -1.07. The lowest BCUT2D eigenvalue weighted by molar-refractivity contribution is -0.146. The Morgan fingerprint density at radius 1 is 1.13 bits per heavy atom. The van der Waals surface area contributed by atoms with Gasteiger partial charge in [-0.05, 0) is 27.7 Å². The Morgan fingerprint density at radius 2 is 1.60 bits per heavy atom. The first-order chi connectivity index (χ1) is 6.55. The quantitative estimate of drug-likeness (QED) is 0.619. The molecular weight excluding hydrogens is 212 g/mol. The van der Waals surface area contributed by atoms with Gasteiger partial charge in [0.2, 0.25) is 5.95 Å². The van der Waals surface area contributed by atoms with Crippen LogP contribution in [0.5, 0.6) is 0 Å². The van der Waals surface area contributed by atoms with Gasteiger partial charge in [0, 0.05) is 5.56 Å². The molecule has 0 radical (unpaired) electrons. The normalized spacial score (nSPS) is 13.3. The minimum atomic E-state index is -4.59. The highest BCUT2D eigenvalue weighted by molar-refractivity contribution is 5.21. The van der Waals surface area contributed by atoms with E-state index in [1.165, 1.54) is 20.8 Å². The van der Waals surface area contributed by atoms with Crippen molar-refractivity contribution in [3.05, 3.63) is 17.2 Å². The molecule has 1 heterocycles. The number of hydrogen-bond donors (Lipinski definition) is 0. The Morgan fingerprint density at radius 3 is 1.87 bits per heavy atom. The first-order valence-electron chi connectivity index (χ1n) is 4.38. The number of rotatable bonds is 0. The molecule has 0 aliphatic rings. The standard InChI is InChI=1S/C9H12F4N2/c1-5-6(9(11,12)13)15(8(2,3)4)14-7(5)10/h1-4H3. The molecule has 1 rings (SSSR count). The monoisotopic (exact) mass is 224 g/mol. The maximum atomic E-state index is 13.0. The van der Waals surface area contributed by atoms with Crippen LogP contribution in [0.25, 0.3) is 0 Å². The molecule has 0 aliphatic carbocycles. The van der Waals surface area contributed by atoms with Crippen molar-refractivity contribution >= 4 is 0 Å². The molecule has 0 spiro atoms. The third-order valence-corrected chi connectivity index (χ3v) is 1.97. The van der Waals surface area contributed by atoms with E-state index < -0.39 is 28.9 Å². The minimum absolute atomic E-state index is 0.461. The van der Waals surface area contributed by atoms with Crippen molar-refractivity contribution < 1.29 is 17.6 Å². The van der Waals surface area contributed by atoms with Crippen LogP contribution in [0.1, 0.15) is 32.0 Å². The average molecular weight is 224 g/mol. The highest BCUT2D eigenvalue weighted by Gasteiger charge is 2.41. The van der Waals surface area contributed by atoms with Crippen molar-refractivity contribution in [2.24, 2.45) is 0 Å². The Kier molecular flexibility index (Phi) is 2.57. The molecule has 0 amide bonds. The summed E-state index contributed by atoms with van der Waals surface area (Å²) in [6.45, 7) is 5.68. The molecule has 6 heteroatoms. The smallest absolute Gasteiger partial charge is 0.252 e. The fourth-order valence-electron chi connectivity index (χ4n) is 1.29. The van der Waals surface area contributed by atoms with Gasteiger partial charge < -0.3 is 0 Å². The molecule has 2 nitrogen and oxygen atoms in total. The van der Waals surface area contributed by atoms with E-state index in [1.54, 1.807) is 0 Å². The second-order valence-corrected chi connectivity index (χ2v) is 4.34. The van der Waals surface area contributed by atoms with Crippen molar-refractivity contribution in [3.8, 4) is 0 Å². The van der Waals surface area contributed by atoms with E-state index in [0.29, 0.717) is 4.68 Å². The zero-order valence-electron chi connectivity index (χ0n) is 8.91. The zero-order valence-corrected chi connectivity index (χ0v) is 8.91. The molecule has 86 valence electrons. The van der Waals surface area contributed by atoms with Crippen molar-refractivity contribution in [1.29, 1.82) is 0 Å². The Balaban J connectivity index is 3.48. The third-order valence-electron chi connectivity index (χ3n) is 1.97. The molecule has 1 aromatic heterocycles. The van der Waals surface area contributed by atoms with E-state index in [0.717, 1.165) is 6.92 Å². The summed E-state index contributed by atoms with van der Waals surface area (Å²) in [5.41, 5.74) is -2.38. The number of aromatic nitrogens is 2. The fraction of sp³-hybridized carbons (Fsp3) is 0.667. The van der Waals surface area contributed by atoms with Crippen LogP contribution in [-0.4, -0.2) is 9.78 Å². The van der Waals surface area contributed by atoms with Gasteiger partial charge in [-0.1, -0.05) is 0 Å². The predicted molar refractivity (Wildman–Crippen MR) is 46.9 cm³/mol. The van der Waals surface area contributed by atoms with Crippen LogP contribution < -0.4 is 0 Å². The van der Waals surface area contributed by atoms with Crippen LogP contribution in [0.4, 0.5) is 17.6 Å². The molecule has 0 unspecified atom stereocenters. The number of hydrogen-bond acceptors (Lipinski definition) is 1. The Labute approximate surface area is 84.9 Å². The molecule has 0 aromatic carbocycles. The van der Waals surface area contributed by atoms with Gasteiger partial charge in [0.05, 0.1) is 5.54 Å². The number of alkyl halides is 3. The molecule has 0 saturated carbocycles. The molecule has 0 fully saturated rings. The van der Waals surface area contributed by atoms with Gasteiger partial charge in [-0.3, -0.25) is 4.68 Å². The molecule has 0 atom stereocenters. The summed E-state index contributed by atoms with van der Waals surface area (Å²) < 4.78 is 51.6. The van der Waals surface area contributed by atoms with Crippen LogP contribution in [0.3, 0.4) is 0 Å². The van der Waals surface area contributed by atoms with Crippen molar-refractivity contribution in [1.82, 2.24) is 9.78 Å². The molecular formula is C9H12F4N2. The van der Waals surface area contributed by atoms with Gasteiger partial charge in [0.25, 0.3) is 0 Å². The SMILES string of the molecule is Cc1c(F)nn(C(C)(C)C)c1C(F)(F)F. The zero-order chi connectivity index (χ0) is 12.0. The van der Waals surface area contributed by atoms with E-state index in [-0.39, 0.29) is 0 Å². The Bertz CT molecular complexity index is 371. The van der Waals surface area contributed by atoms with Gasteiger partial charge in [0.15, 0.2) is 0 Å². The maximum absolute atomic E-state index is 13.0. The van der Waals surface area contributed by atoms with E-state index in [2.05, 4.69) is 5.10 Å². The summed E-state index contributed by atoms with van der Waals surface area (Å²) in [7, 11) is 0. The van der Waals surface area contributed by atoms with Gasteiger partial charge in [0.1, 0.15) is 5.69 Å². The van der Waals surface area contributed by atoms with Gasteiger partial charge >= 0.3 is 6.18 Å². The molecule has 0 aliphatic heterocycles. The summed E-state index contributed by atoms with van der Waals surface area (Å²) in [6.07, 6.45) is -4.59. The van der Waals surface area contributed by atoms with Crippen molar-refractivity contribution in [2.75, 3.05) is 0 Å². The molecule has 0 N–H and O–H groups in total. The molecule has 1 aromatic rings. The van der Waals surface area contributed by atoms with E-state index in [4.69, 9.17) is 0 Å². The molecule has 0 bridgehead atoms. The van der Waals surface area contributed by atoms with Crippen LogP contribution >= 0.6 is 0 Å². The van der Waals surface area contributed by atoms with Crippen LogP contribution in [0.15, 0.2) is 0 Å². The Hall–Kier alpha value is -1.07. The van der Waals surface area contributed by atoms with Crippen molar-refractivity contribution in [3.63, 3.8) is 0 Å². The molecule has 0 saturated heterocycles. The second-order valence-electron chi connectivity index (χ2n) is 4.34. The van der Waals surface area contributed by atoms with Crippen molar-refractivity contribution in [2.45, 2.75) is 39.4 Å². The lowest BCUT2D eigenvalue weighted by atomic mass is 10.1. The largest absolute Gasteiger partial charge is 0.433 e. The first kappa shape index (κ1) is 12.0. The summed E-state index contributed by atoms with van der Waals surface area (Å²) in [4.78, 5) is 0. The van der Waals surface area contributed by atoms with Crippen LogP contribution in [-0.2, 0) is 11.7 Å². The average Bonchev–Trinajstić information content (AvgIpc) is 2.25. The van der Waals surface area contributed by atoms with E-state index in [9.17, 15) is 17.6 Å². The second kappa shape index (κ2) is 3.21. The van der Waals surface area contributed by atoms with Crippen LogP contribution in [0, 0.1) is 12.9 Å². The maximum Gasteiger partial charge on any atom is 0.433 e. The highest BCUT2D eigenvalue weighted by atomic mass is 19.4. The van der Waals surface area contributed by atoms with E-state index in [1.807, 2.05) is 0 Å². The topological polar surface area (TPSA) is 17.8 Å². The lowest BCUT2D eigenvalue weighted by Crippen LogP contribution is -2.29.